The van der Waals surface area contributed by atoms with Crippen molar-refractivity contribution in [2.75, 3.05) is 7.05 Å². The van der Waals surface area contributed by atoms with Crippen LogP contribution in [0.5, 0.6) is 0 Å². The molecule has 1 aromatic carbocycles. The Morgan fingerprint density at radius 3 is 2.90 bits per heavy atom. The Morgan fingerprint density at radius 1 is 1.43 bits per heavy atom. The fraction of sp³-hybridized carbons (Fsp3) is 0.391. The first-order chi connectivity index (χ1) is 14.1. The summed E-state index contributed by atoms with van der Waals surface area (Å²) in [5, 5.41) is 7.84. The van der Waals surface area contributed by atoms with E-state index in [0.717, 1.165) is 16.2 Å². The summed E-state index contributed by atoms with van der Waals surface area (Å²) in [6, 6.07) is 7.58. The lowest BCUT2D eigenvalue weighted by molar-refractivity contribution is 0.414. The maximum Gasteiger partial charge on any atom is 0.153 e. The van der Waals surface area contributed by atoms with Gasteiger partial charge in [-0.05, 0) is 69.6 Å². The first-order valence-corrected chi connectivity index (χ1v) is 11.1. The molecule has 1 aromatic rings. The van der Waals surface area contributed by atoms with E-state index in [9.17, 15) is 8.94 Å². The maximum atomic E-state index is 14.2. The van der Waals surface area contributed by atoms with Gasteiger partial charge in [-0.25, -0.2) is 4.39 Å². The summed E-state index contributed by atoms with van der Waals surface area (Å²) < 4.78 is 26.7. The van der Waals surface area contributed by atoms with Crippen LogP contribution in [-0.2, 0) is 11.2 Å². The zero-order valence-corrected chi connectivity index (χ0v) is 18.9. The SMILES string of the molecule is C/N=C\C=C(\NC1=NNC2CC=CC(F)=CC12C)c1cccc([S+]([O-])C(C)(C)C)c1. The summed E-state index contributed by atoms with van der Waals surface area (Å²) in [6.45, 7) is 7.83. The number of rotatable bonds is 4. The van der Waals surface area contributed by atoms with Crippen LogP contribution < -0.4 is 10.7 Å². The van der Waals surface area contributed by atoms with E-state index in [2.05, 4.69) is 20.8 Å². The van der Waals surface area contributed by atoms with Crippen LogP contribution in [0.2, 0.25) is 0 Å². The van der Waals surface area contributed by atoms with Gasteiger partial charge in [-0.15, -0.1) is 0 Å². The minimum Gasteiger partial charge on any atom is -0.611 e. The minimum atomic E-state index is -1.16. The lowest BCUT2D eigenvalue weighted by atomic mass is 9.80. The van der Waals surface area contributed by atoms with E-state index in [1.165, 1.54) is 6.08 Å². The highest BCUT2D eigenvalue weighted by Gasteiger charge is 2.43. The molecule has 7 heteroatoms. The highest BCUT2D eigenvalue weighted by molar-refractivity contribution is 7.92. The van der Waals surface area contributed by atoms with E-state index in [-0.39, 0.29) is 16.6 Å². The van der Waals surface area contributed by atoms with E-state index >= 15 is 0 Å². The van der Waals surface area contributed by atoms with Crippen molar-refractivity contribution in [3.8, 4) is 0 Å². The van der Waals surface area contributed by atoms with Crippen molar-refractivity contribution >= 4 is 28.9 Å². The Morgan fingerprint density at radius 2 is 2.20 bits per heavy atom. The molecule has 2 aliphatic rings. The van der Waals surface area contributed by atoms with Crippen LogP contribution in [-0.4, -0.2) is 34.4 Å². The van der Waals surface area contributed by atoms with E-state index in [4.69, 9.17) is 0 Å². The molecule has 160 valence electrons. The first-order valence-electron chi connectivity index (χ1n) is 9.95. The number of hydrogen-bond donors (Lipinski definition) is 2. The number of benzene rings is 1. The van der Waals surface area contributed by atoms with Gasteiger partial charge in [0, 0.05) is 30.6 Å². The summed E-state index contributed by atoms with van der Waals surface area (Å²) in [5.74, 6) is 0.353. The van der Waals surface area contributed by atoms with Crippen LogP contribution in [0.4, 0.5) is 4.39 Å². The predicted molar refractivity (Wildman–Crippen MR) is 124 cm³/mol. The molecule has 3 unspecified atom stereocenters. The van der Waals surface area contributed by atoms with Gasteiger partial charge in [0.2, 0.25) is 0 Å². The first kappa shape index (κ1) is 22.3. The van der Waals surface area contributed by atoms with Crippen LogP contribution in [0.15, 0.2) is 69.4 Å². The predicted octanol–water partition coefficient (Wildman–Crippen LogP) is 4.33. The maximum absolute atomic E-state index is 14.2. The lowest BCUT2D eigenvalue weighted by Crippen LogP contribution is -2.42. The van der Waals surface area contributed by atoms with Gasteiger partial charge in [0.05, 0.1) is 11.5 Å². The number of fused-ring (bicyclic) bond motifs is 1. The van der Waals surface area contributed by atoms with Crippen molar-refractivity contribution in [1.82, 2.24) is 10.7 Å². The topological polar surface area (TPSA) is 71.8 Å². The molecule has 0 saturated heterocycles. The van der Waals surface area contributed by atoms with Gasteiger partial charge >= 0.3 is 0 Å². The number of aliphatic imine (C=N–C) groups is 1. The Kier molecular flexibility index (Phi) is 6.53. The second-order valence-corrected chi connectivity index (χ2v) is 10.8. The van der Waals surface area contributed by atoms with Crippen molar-refractivity contribution in [2.45, 2.75) is 49.8 Å². The molecule has 1 aliphatic carbocycles. The average molecular weight is 429 g/mol. The van der Waals surface area contributed by atoms with E-state index in [1.807, 2.05) is 64.1 Å². The summed E-state index contributed by atoms with van der Waals surface area (Å²) in [5.41, 5.74) is 4.11. The number of amidine groups is 1. The highest BCUT2D eigenvalue weighted by Crippen LogP contribution is 2.36. The van der Waals surface area contributed by atoms with Gasteiger partial charge in [-0.2, -0.15) is 5.10 Å². The Bertz CT molecular complexity index is 945. The van der Waals surface area contributed by atoms with Gasteiger partial charge in [-0.1, -0.05) is 18.2 Å². The van der Waals surface area contributed by atoms with Crippen molar-refractivity contribution in [3.63, 3.8) is 0 Å². The van der Waals surface area contributed by atoms with Crippen LogP contribution in [0.3, 0.4) is 0 Å². The molecule has 0 radical (unpaired) electrons. The van der Waals surface area contributed by atoms with Crippen molar-refractivity contribution in [1.29, 1.82) is 0 Å². The summed E-state index contributed by atoms with van der Waals surface area (Å²) >= 11 is -1.16. The molecule has 0 amide bonds. The van der Waals surface area contributed by atoms with Crippen LogP contribution in [0.25, 0.3) is 5.70 Å². The molecule has 0 saturated carbocycles. The molecule has 1 heterocycles. The number of hydrazone groups is 1. The van der Waals surface area contributed by atoms with Gasteiger partial charge in [-0.3, -0.25) is 4.99 Å². The number of hydrogen-bond acceptors (Lipinski definition) is 5. The van der Waals surface area contributed by atoms with Gasteiger partial charge in [0.25, 0.3) is 0 Å². The van der Waals surface area contributed by atoms with Crippen molar-refractivity contribution in [3.05, 3.63) is 60.0 Å². The number of nitrogens with zero attached hydrogens (tertiary/aromatic N) is 2. The van der Waals surface area contributed by atoms with Gasteiger partial charge in [0.1, 0.15) is 16.4 Å². The van der Waals surface area contributed by atoms with Crippen molar-refractivity contribution < 1.29 is 8.94 Å². The zero-order valence-electron chi connectivity index (χ0n) is 18.1. The Hall–Kier alpha value is -2.38. The number of allylic oxidation sites excluding steroid dienone is 3. The molecule has 2 N–H and O–H groups in total. The van der Waals surface area contributed by atoms with Crippen molar-refractivity contribution in [2.24, 2.45) is 15.5 Å². The van der Waals surface area contributed by atoms with Crippen LogP contribution >= 0.6 is 0 Å². The molecule has 0 fully saturated rings. The fourth-order valence-electron chi connectivity index (χ4n) is 3.46. The van der Waals surface area contributed by atoms with Gasteiger partial charge in [0.15, 0.2) is 4.90 Å². The summed E-state index contributed by atoms with van der Waals surface area (Å²) in [7, 11) is 1.69. The normalized spacial score (nSPS) is 25.3. The smallest absolute Gasteiger partial charge is 0.153 e. The molecule has 0 aromatic heterocycles. The largest absolute Gasteiger partial charge is 0.611 e. The molecule has 3 atom stereocenters. The Labute approximate surface area is 181 Å². The third kappa shape index (κ3) is 4.68. The molecule has 30 heavy (non-hydrogen) atoms. The Balaban J connectivity index is 1.95. The van der Waals surface area contributed by atoms with Crippen LogP contribution in [0, 0.1) is 5.41 Å². The molecule has 5 nitrogen and oxygen atoms in total. The van der Waals surface area contributed by atoms with E-state index in [0.29, 0.717) is 12.3 Å². The molecule has 1 aliphatic heterocycles. The third-order valence-corrected chi connectivity index (χ3v) is 7.01. The minimum absolute atomic E-state index is 0.0367. The average Bonchev–Trinajstić information content (AvgIpc) is 2.89. The number of nitrogens with one attached hydrogen (secondary N) is 2. The second-order valence-electron chi connectivity index (χ2n) is 8.61. The highest BCUT2D eigenvalue weighted by atomic mass is 32.2. The molecule has 0 spiro atoms. The van der Waals surface area contributed by atoms with Gasteiger partial charge < -0.3 is 15.3 Å². The molecular formula is C23H29FN4OS. The molecule has 3 rings (SSSR count). The summed E-state index contributed by atoms with van der Waals surface area (Å²) in [6.07, 6.45) is 9.11. The lowest BCUT2D eigenvalue weighted by Gasteiger charge is -2.28. The standard InChI is InChI=1S/C23H29FN4OS/c1-22(2,3)30(29)18-10-6-8-16(14-18)19(12-13-25-5)26-21-23(4)15-17(24)9-7-11-20(23)27-28-21/h6-10,12-15,20,27H,11H2,1-5H3,(H,26,28)/b19-12+,25-13-. The van der Waals surface area contributed by atoms with E-state index < -0.39 is 16.6 Å². The zero-order chi connectivity index (χ0) is 21.9. The quantitative estimate of drug-likeness (QED) is 0.554. The third-order valence-electron chi connectivity index (χ3n) is 5.21. The second kappa shape index (κ2) is 8.78. The molecular weight excluding hydrogens is 399 g/mol. The summed E-state index contributed by atoms with van der Waals surface area (Å²) in [4.78, 5) is 4.81. The molecule has 0 bridgehead atoms. The number of halogens is 1. The monoisotopic (exact) mass is 428 g/mol. The fourth-order valence-corrected chi connectivity index (χ4v) is 4.60. The van der Waals surface area contributed by atoms with E-state index in [1.54, 1.807) is 19.3 Å². The van der Waals surface area contributed by atoms with Crippen LogP contribution in [0.1, 0.15) is 39.7 Å².